The molecule has 1 aromatic carbocycles. The lowest BCUT2D eigenvalue weighted by Crippen LogP contribution is -2.41. The minimum atomic E-state index is -1.38. The van der Waals surface area contributed by atoms with E-state index in [1.165, 1.54) is 13.8 Å². The van der Waals surface area contributed by atoms with Gasteiger partial charge in [0.2, 0.25) is 0 Å². The zero-order chi connectivity index (χ0) is 12.3. The average Bonchev–Trinajstić information content (AvgIpc) is 2.18. The Kier molecular flexibility index (Phi) is 4.19. The Morgan fingerprint density at radius 3 is 2.50 bits per heavy atom. The Balaban J connectivity index is 2.62. The molecule has 0 unspecified atom stereocenters. The van der Waals surface area contributed by atoms with Crippen LogP contribution in [0.1, 0.15) is 19.4 Å². The molecule has 0 aromatic heterocycles. The van der Waals surface area contributed by atoms with Crippen LogP contribution in [0.3, 0.4) is 0 Å². The molecule has 3 nitrogen and oxygen atoms in total. The van der Waals surface area contributed by atoms with Crippen molar-refractivity contribution in [1.82, 2.24) is 5.32 Å². The maximum absolute atomic E-state index is 11.4. The third kappa shape index (κ3) is 3.67. The van der Waals surface area contributed by atoms with Crippen molar-refractivity contribution in [2.45, 2.75) is 26.0 Å². The molecule has 16 heavy (non-hydrogen) atoms. The lowest BCUT2D eigenvalue weighted by Gasteiger charge is -2.16. The predicted octanol–water partition coefficient (Wildman–Crippen LogP) is 2.38. The number of hydrogen-bond acceptors (Lipinski definition) is 2. The highest BCUT2D eigenvalue weighted by Gasteiger charge is 2.22. The third-order valence-electron chi connectivity index (χ3n) is 1.99. The van der Waals surface area contributed by atoms with Gasteiger partial charge in [-0.3, -0.25) is 4.79 Å². The van der Waals surface area contributed by atoms with Gasteiger partial charge in [-0.05, 0) is 31.5 Å². The second kappa shape index (κ2) is 5.04. The van der Waals surface area contributed by atoms with Crippen LogP contribution in [-0.4, -0.2) is 16.6 Å². The Morgan fingerprint density at radius 2 is 2.00 bits per heavy atom. The monoisotopic (exact) mass is 261 g/mol. The van der Waals surface area contributed by atoms with E-state index in [0.717, 1.165) is 5.56 Å². The summed E-state index contributed by atoms with van der Waals surface area (Å²) in [5, 5.41) is 12.9. The summed E-state index contributed by atoms with van der Waals surface area (Å²) >= 11 is 11.6. The maximum atomic E-state index is 11.4. The molecule has 1 amide bonds. The fourth-order valence-electron chi connectivity index (χ4n) is 1.05. The number of hydrogen-bond donors (Lipinski definition) is 2. The first-order chi connectivity index (χ1) is 7.30. The molecule has 0 fully saturated rings. The molecule has 0 radical (unpaired) electrons. The van der Waals surface area contributed by atoms with Crippen molar-refractivity contribution in [3.05, 3.63) is 33.8 Å². The van der Waals surface area contributed by atoms with Crippen molar-refractivity contribution in [2.75, 3.05) is 0 Å². The minimum Gasteiger partial charge on any atom is -0.381 e. The van der Waals surface area contributed by atoms with Crippen LogP contribution >= 0.6 is 23.2 Å². The van der Waals surface area contributed by atoms with Gasteiger partial charge in [-0.1, -0.05) is 29.3 Å². The van der Waals surface area contributed by atoms with Gasteiger partial charge in [-0.15, -0.1) is 0 Å². The van der Waals surface area contributed by atoms with Gasteiger partial charge in [0.1, 0.15) is 5.60 Å². The van der Waals surface area contributed by atoms with Gasteiger partial charge in [-0.2, -0.15) is 0 Å². The van der Waals surface area contributed by atoms with Crippen LogP contribution < -0.4 is 5.32 Å². The second-order valence-corrected chi connectivity index (χ2v) is 4.80. The van der Waals surface area contributed by atoms with Gasteiger partial charge < -0.3 is 10.4 Å². The van der Waals surface area contributed by atoms with E-state index < -0.39 is 11.5 Å². The first-order valence-electron chi connectivity index (χ1n) is 4.75. The molecule has 0 aliphatic rings. The Hall–Kier alpha value is -0.770. The average molecular weight is 262 g/mol. The second-order valence-electron chi connectivity index (χ2n) is 3.99. The molecule has 0 saturated carbocycles. The lowest BCUT2D eigenvalue weighted by molar-refractivity contribution is -0.136. The molecule has 0 bridgehead atoms. The van der Waals surface area contributed by atoms with Crippen LogP contribution in [0, 0.1) is 0 Å². The molecule has 5 heteroatoms. The van der Waals surface area contributed by atoms with Crippen LogP contribution in [0.25, 0.3) is 0 Å². The molecule has 0 aliphatic carbocycles. The summed E-state index contributed by atoms with van der Waals surface area (Å²) in [6, 6.07) is 5.10. The van der Waals surface area contributed by atoms with Crippen molar-refractivity contribution in [2.24, 2.45) is 0 Å². The Morgan fingerprint density at radius 1 is 1.38 bits per heavy atom. The van der Waals surface area contributed by atoms with Crippen LogP contribution in [0.15, 0.2) is 18.2 Å². The summed E-state index contributed by atoms with van der Waals surface area (Å²) in [5.74, 6) is -0.432. The fourth-order valence-corrected chi connectivity index (χ4v) is 1.37. The minimum absolute atomic E-state index is 0.305. The number of aliphatic hydroxyl groups is 1. The third-order valence-corrected chi connectivity index (χ3v) is 2.73. The van der Waals surface area contributed by atoms with Crippen molar-refractivity contribution >= 4 is 29.1 Å². The van der Waals surface area contributed by atoms with Crippen LogP contribution in [0.5, 0.6) is 0 Å². The number of rotatable bonds is 3. The highest BCUT2D eigenvalue weighted by Crippen LogP contribution is 2.22. The Labute approximate surface area is 104 Å². The first kappa shape index (κ1) is 13.3. The number of benzene rings is 1. The summed E-state index contributed by atoms with van der Waals surface area (Å²) in [5.41, 5.74) is -0.553. The molecular formula is C11H13Cl2NO2. The van der Waals surface area contributed by atoms with E-state index in [0.29, 0.717) is 16.6 Å². The van der Waals surface area contributed by atoms with E-state index in [1.807, 2.05) is 0 Å². The number of carbonyl (C=O) groups excluding carboxylic acids is 1. The molecule has 0 saturated heterocycles. The summed E-state index contributed by atoms with van der Waals surface area (Å²) in [6.07, 6.45) is 0. The zero-order valence-corrected chi connectivity index (χ0v) is 10.6. The SMILES string of the molecule is CC(C)(O)C(=O)NCc1ccc(Cl)c(Cl)c1. The van der Waals surface area contributed by atoms with Gasteiger partial charge in [-0.25, -0.2) is 0 Å². The number of nitrogens with one attached hydrogen (secondary N) is 1. The van der Waals surface area contributed by atoms with Crippen LogP contribution in [0.2, 0.25) is 10.0 Å². The maximum Gasteiger partial charge on any atom is 0.251 e. The summed E-state index contributed by atoms with van der Waals surface area (Å²) in [6.45, 7) is 3.16. The van der Waals surface area contributed by atoms with Crippen molar-refractivity contribution in [1.29, 1.82) is 0 Å². The normalized spacial score (nSPS) is 11.3. The van der Waals surface area contributed by atoms with Crippen molar-refractivity contribution in [3.63, 3.8) is 0 Å². The van der Waals surface area contributed by atoms with Gasteiger partial charge >= 0.3 is 0 Å². The van der Waals surface area contributed by atoms with Gasteiger partial charge in [0.05, 0.1) is 10.0 Å². The molecule has 2 N–H and O–H groups in total. The smallest absolute Gasteiger partial charge is 0.251 e. The lowest BCUT2D eigenvalue weighted by atomic mass is 10.1. The summed E-state index contributed by atoms with van der Waals surface area (Å²) < 4.78 is 0. The molecule has 1 aromatic rings. The Bertz CT molecular complexity index is 399. The fraction of sp³-hybridized carbons (Fsp3) is 0.364. The molecule has 0 atom stereocenters. The molecule has 1 rings (SSSR count). The van der Waals surface area contributed by atoms with Crippen molar-refractivity contribution in [3.8, 4) is 0 Å². The zero-order valence-electron chi connectivity index (χ0n) is 9.05. The number of amides is 1. The summed E-state index contributed by atoms with van der Waals surface area (Å²) in [7, 11) is 0. The van der Waals surface area contributed by atoms with E-state index >= 15 is 0 Å². The van der Waals surface area contributed by atoms with E-state index in [1.54, 1.807) is 18.2 Å². The molecular weight excluding hydrogens is 249 g/mol. The van der Waals surface area contributed by atoms with E-state index in [9.17, 15) is 9.90 Å². The number of carbonyl (C=O) groups is 1. The van der Waals surface area contributed by atoms with E-state index in [2.05, 4.69) is 5.32 Å². The molecule has 0 spiro atoms. The van der Waals surface area contributed by atoms with E-state index in [-0.39, 0.29) is 0 Å². The van der Waals surface area contributed by atoms with Gasteiger partial charge in [0.25, 0.3) is 5.91 Å². The quantitative estimate of drug-likeness (QED) is 0.878. The van der Waals surface area contributed by atoms with Crippen LogP contribution in [0.4, 0.5) is 0 Å². The van der Waals surface area contributed by atoms with E-state index in [4.69, 9.17) is 23.2 Å². The van der Waals surface area contributed by atoms with Crippen molar-refractivity contribution < 1.29 is 9.90 Å². The topological polar surface area (TPSA) is 49.3 Å². The highest BCUT2D eigenvalue weighted by atomic mass is 35.5. The standard InChI is InChI=1S/C11H13Cl2NO2/c1-11(2,16)10(15)14-6-7-3-4-8(12)9(13)5-7/h3-5,16H,6H2,1-2H3,(H,14,15). The highest BCUT2D eigenvalue weighted by molar-refractivity contribution is 6.42. The summed E-state index contributed by atoms with van der Waals surface area (Å²) in [4.78, 5) is 11.4. The van der Waals surface area contributed by atoms with Crippen LogP contribution in [-0.2, 0) is 11.3 Å². The predicted molar refractivity (Wildman–Crippen MR) is 64.6 cm³/mol. The van der Waals surface area contributed by atoms with Gasteiger partial charge in [0.15, 0.2) is 0 Å². The molecule has 88 valence electrons. The largest absolute Gasteiger partial charge is 0.381 e. The van der Waals surface area contributed by atoms with Gasteiger partial charge in [0, 0.05) is 6.54 Å². The molecule has 0 heterocycles. The first-order valence-corrected chi connectivity index (χ1v) is 5.51. The number of halogens is 2. The molecule has 0 aliphatic heterocycles.